The van der Waals surface area contributed by atoms with Crippen molar-refractivity contribution in [2.24, 2.45) is 0 Å². The van der Waals surface area contributed by atoms with E-state index < -0.39 is 6.10 Å². The van der Waals surface area contributed by atoms with E-state index in [1.54, 1.807) is 29.8 Å². The Balaban J connectivity index is 1.18. The van der Waals surface area contributed by atoms with Gasteiger partial charge in [-0.3, -0.25) is 0 Å². The number of halogens is 1. The zero-order valence-electron chi connectivity index (χ0n) is 18.7. The fourth-order valence-corrected chi connectivity index (χ4v) is 5.26. The molecular formula is C26H27FN4O2S. The van der Waals surface area contributed by atoms with E-state index in [9.17, 15) is 9.50 Å². The number of likely N-dealkylation sites (tertiary alicyclic amines) is 1. The van der Waals surface area contributed by atoms with Crippen LogP contribution in [0.4, 0.5) is 10.2 Å². The van der Waals surface area contributed by atoms with Gasteiger partial charge in [-0.2, -0.15) is 0 Å². The second-order valence-corrected chi connectivity index (χ2v) is 9.41. The summed E-state index contributed by atoms with van der Waals surface area (Å²) in [5.41, 5.74) is 1.97. The molecule has 2 aromatic heterocycles. The van der Waals surface area contributed by atoms with Crippen LogP contribution in [0.15, 0.2) is 66.3 Å². The van der Waals surface area contributed by atoms with Gasteiger partial charge in [0.05, 0.1) is 5.39 Å². The Labute approximate surface area is 202 Å². The number of fused-ring (bicyclic) bond motifs is 1. The Morgan fingerprint density at radius 2 is 1.85 bits per heavy atom. The van der Waals surface area contributed by atoms with E-state index in [0.29, 0.717) is 6.54 Å². The number of benzene rings is 2. The number of anilines is 1. The SMILES string of the molecule is OC(COc1ccccc1)CN1CCC(Nc2ncnc3scc(-c4ccc(F)cc4)c23)CC1. The molecule has 0 aliphatic carbocycles. The van der Waals surface area contributed by atoms with Crippen LogP contribution >= 0.6 is 11.3 Å². The van der Waals surface area contributed by atoms with Crippen molar-refractivity contribution in [3.63, 3.8) is 0 Å². The van der Waals surface area contributed by atoms with Crippen LogP contribution in [0.2, 0.25) is 0 Å². The number of aromatic nitrogens is 2. The number of hydrogen-bond acceptors (Lipinski definition) is 7. The maximum absolute atomic E-state index is 13.4. The Kier molecular flexibility index (Phi) is 6.99. The molecule has 1 aliphatic heterocycles. The van der Waals surface area contributed by atoms with Crippen molar-refractivity contribution in [1.82, 2.24) is 14.9 Å². The molecule has 0 radical (unpaired) electrons. The van der Waals surface area contributed by atoms with Crippen molar-refractivity contribution >= 4 is 27.4 Å². The Bertz CT molecular complexity index is 1210. The number of nitrogens with one attached hydrogen (secondary N) is 1. The third-order valence-corrected chi connectivity index (χ3v) is 6.99. The lowest BCUT2D eigenvalue weighted by Gasteiger charge is -2.33. The highest BCUT2D eigenvalue weighted by Gasteiger charge is 2.23. The van der Waals surface area contributed by atoms with Crippen LogP contribution in [0, 0.1) is 5.82 Å². The maximum atomic E-state index is 13.4. The average Bonchev–Trinajstić information content (AvgIpc) is 3.30. The Morgan fingerprint density at radius 1 is 1.09 bits per heavy atom. The van der Waals surface area contributed by atoms with Crippen LogP contribution in [0.25, 0.3) is 21.3 Å². The standard InChI is InChI=1S/C26H27FN4O2S/c27-19-8-6-18(7-9-19)23-16-34-26-24(23)25(28-17-29-26)30-20-10-12-31(13-11-20)14-21(32)15-33-22-4-2-1-3-5-22/h1-9,16-17,20-21,32H,10-15H2,(H,28,29,30). The molecule has 3 heterocycles. The van der Waals surface area contributed by atoms with Gasteiger partial charge >= 0.3 is 0 Å². The fourth-order valence-electron chi connectivity index (χ4n) is 4.34. The van der Waals surface area contributed by atoms with E-state index >= 15 is 0 Å². The van der Waals surface area contributed by atoms with Gasteiger partial charge in [0.1, 0.15) is 41.3 Å². The average molecular weight is 479 g/mol. The summed E-state index contributed by atoms with van der Waals surface area (Å²) in [7, 11) is 0. The number of hydrogen-bond donors (Lipinski definition) is 2. The number of piperidine rings is 1. The lowest BCUT2D eigenvalue weighted by molar-refractivity contribution is 0.0605. The first kappa shape index (κ1) is 22.7. The van der Waals surface area contributed by atoms with Gasteiger partial charge < -0.3 is 20.1 Å². The van der Waals surface area contributed by atoms with Gasteiger partial charge in [-0.05, 0) is 42.7 Å². The maximum Gasteiger partial charge on any atom is 0.139 e. The molecule has 1 saturated heterocycles. The second kappa shape index (κ2) is 10.5. The minimum absolute atomic E-state index is 0.249. The van der Waals surface area contributed by atoms with Gasteiger partial charge in [0.25, 0.3) is 0 Å². The number of nitrogens with zero attached hydrogens (tertiary/aromatic N) is 3. The molecule has 1 aliphatic rings. The molecule has 34 heavy (non-hydrogen) atoms. The van der Waals surface area contributed by atoms with E-state index in [1.807, 2.05) is 30.3 Å². The highest BCUT2D eigenvalue weighted by molar-refractivity contribution is 7.17. The molecule has 176 valence electrons. The molecule has 1 unspecified atom stereocenters. The van der Waals surface area contributed by atoms with Crippen molar-refractivity contribution in [3.8, 4) is 16.9 Å². The third kappa shape index (κ3) is 5.35. The van der Waals surface area contributed by atoms with Gasteiger partial charge in [0, 0.05) is 36.6 Å². The number of rotatable bonds is 8. The molecule has 0 saturated carbocycles. The number of ether oxygens (including phenoxy) is 1. The minimum atomic E-state index is -0.532. The predicted molar refractivity (Wildman–Crippen MR) is 134 cm³/mol. The number of aliphatic hydroxyl groups excluding tert-OH is 1. The summed E-state index contributed by atoms with van der Waals surface area (Å²) in [5.74, 6) is 1.34. The summed E-state index contributed by atoms with van der Waals surface area (Å²) in [6, 6.07) is 16.4. The quantitative estimate of drug-likeness (QED) is 0.379. The normalized spacial score (nSPS) is 15.9. The first-order valence-electron chi connectivity index (χ1n) is 11.5. The molecule has 2 N–H and O–H groups in total. The van der Waals surface area contributed by atoms with Crippen molar-refractivity contribution < 1.29 is 14.2 Å². The summed E-state index contributed by atoms with van der Waals surface area (Å²) in [5, 5.41) is 17.0. The van der Waals surface area contributed by atoms with Gasteiger partial charge in [-0.15, -0.1) is 11.3 Å². The zero-order valence-corrected chi connectivity index (χ0v) is 19.5. The van der Waals surface area contributed by atoms with E-state index in [0.717, 1.165) is 58.8 Å². The van der Waals surface area contributed by atoms with Crippen LogP contribution in [-0.2, 0) is 0 Å². The summed E-state index contributed by atoms with van der Waals surface area (Å²) < 4.78 is 19.1. The van der Waals surface area contributed by atoms with Crippen LogP contribution in [0.3, 0.4) is 0 Å². The smallest absolute Gasteiger partial charge is 0.139 e. The number of para-hydroxylation sites is 1. The molecule has 1 fully saturated rings. The summed E-state index contributed by atoms with van der Waals surface area (Å²) in [6.45, 7) is 2.66. The van der Waals surface area contributed by atoms with Crippen molar-refractivity contribution in [2.45, 2.75) is 25.0 Å². The topological polar surface area (TPSA) is 70.5 Å². The lowest BCUT2D eigenvalue weighted by Crippen LogP contribution is -2.43. The van der Waals surface area contributed by atoms with E-state index in [-0.39, 0.29) is 18.5 Å². The molecule has 5 rings (SSSR count). The zero-order chi connectivity index (χ0) is 23.3. The molecule has 6 nitrogen and oxygen atoms in total. The van der Waals surface area contributed by atoms with Crippen LogP contribution in [0.1, 0.15) is 12.8 Å². The lowest BCUT2D eigenvalue weighted by atomic mass is 10.0. The summed E-state index contributed by atoms with van der Waals surface area (Å²) in [4.78, 5) is 12.2. The van der Waals surface area contributed by atoms with E-state index in [2.05, 4.69) is 25.6 Å². The van der Waals surface area contributed by atoms with Crippen molar-refractivity contribution in [1.29, 1.82) is 0 Å². The Morgan fingerprint density at radius 3 is 2.62 bits per heavy atom. The predicted octanol–water partition coefficient (Wildman–Crippen LogP) is 4.81. The first-order chi connectivity index (χ1) is 16.7. The van der Waals surface area contributed by atoms with Gasteiger partial charge in [0.2, 0.25) is 0 Å². The molecule has 0 amide bonds. The van der Waals surface area contributed by atoms with E-state index in [4.69, 9.17) is 4.74 Å². The molecule has 0 bridgehead atoms. The van der Waals surface area contributed by atoms with Crippen LogP contribution in [0.5, 0.6) is 5.75 Å². The Hall–Kier alpha value is -3.07. The summed E-state index contributed by atoms with van der Waals surface area (Å²) >= 11 is 1.57. The van der Waals surface area contributed by atoms with Crippen LogP contribution < -0.4 is 10.1 Å². The molecule has 0 spiro atoms. The monoisotopic (exact) mass is 478 g/mol. The molecule has 4 aromatic rings. The molecule has 2 aromatic carbocycles. The minimum Gasteiger partial charge on any atom is -0.491 e. The van der Waals surface area contributed by atoms with Crippen molar-refractivity contribution in [3.05, 3.63) is 72.1 Å². The fraction of sp³-hybridized carbons (Fsp3) is 0.308. The van der Waals surface area contributed by atoms with E-state index in [1.165, 1.54) is 12.1 Å². The first-order valence-corrected chi connectivity index (χ1v) is 12.4. The van der Waals surface area contributed by atoms with Gasteiger partial charge in [0.15, 0.2) is 0 Å². The highest BCUT2D eigenvalue weighted by atomic mass is 32.1. The highest BCUT2D eigenvalue weighted by Crippen LogP contribution is 2.37. The molecular weight excluding hydrogens is 451 g/mol. The second-order valence-electron chi connectivity index (χ2n) is 8.56. The van der Waals surface area contributed by atoms with Crippen LogP contribution in [-0.4, -0.2) is 58.4 Å². The number of β-amino-alcohol motifs (C(OH)–C–C–N with tert-alkyl or cyclic N) is 1. The summed E-state index contributed by atoms with van der Waals surface area (Å²) in [6.07, 6.45) is 2.96. The number of aliphatic hydroxyl groups is 1. The van der Waals surface area contributed by atoms with Crippen molar-refractivity contribution in [2.75, 3.05) is 31.6 Å². The van der Waals surface area contributed by atoms with Gasteiger partial charge in [-0.1, -0.05) is 30.3 Å². The largest absolute Gasteiger partial charge is 0.491 e. The molecule has 1 atom stereocenters. The van der Waals surface area contributed by atoms with Gasteiger partial charge in [-0.25, -0.2) is 14.4 Å². The number of thiophene rings is 1. The molecule has 8 heteroatoms. The third-order valence-electron chi connectivity index (χ3n) is 6.11.